The zero-order valence-electron chi connectivity index (χ0n) is 14.2. The predicted octanol–water partition coefficient (Wildman–Crippen LogP) is 4.99. The van der Waals surface area contributed by atoms with Crippen molar-refractivity contribution < 1.29 is 9.59 Å². The van der Waals surface area contributed by atoms with Gasteiger partial charge in [0.15, 0.2) is 0 Å². The molecule has 3 heteroatoms. The van der Waals surface area contributed by atoms with E-state index in [9.17, 15) is 9.59 Å². The Bertz CT molecular complexity index is 614. The lowest BCUT2D eigenvalue weighted by Gasteiger charge is -2.27. The number of aldehydes is 2. The van der Waals surface area contributed by atoms with Crippen LogP contribution in [0.4, 0.5) is 5.69 Å². The van der Waals surface area contributed by atoms with Gasteiger partial charge in [-0.05, 0) is 55.9 Å². The molecule has 0 spiro atoms. The summed E-state index contributed by atoms with van der Waals surface area (Å²) in [5, 5.41) is 3.54. The van der Waals surface area contributed by atoms with E-state index in [4.69, 9.17) is 0 Å². The van der Waals surface area contributed by atoms with Gasteiger partial charge in [-0.25, -0.2) is 0 Å². The minimum absolute atomic E-state index is 0.610. The Morgan fingerprint density at radius 3 is 1.83 bits per heavy atom. The maximum atomic E-state index is 10.5. The highest BCUT2D eigenvalue weighted by Gasteiger charge is 2.17. The molecule has 3 nitrogen and oxygen atoms in total. The van der Waals surface area contributed by atoms with E-state index in [1.54, 1.807) is 12.1 Å². The molecule has 0 saturated heterocycles. The quantitative estimate of drug-likeness (QED) is 0.806. The zero-order chi connectivity index (χ0) is 17.2. The number of benzene rings is 2. The van der Waals surface area contributed by atoms with E-state index in [1.165, 1.54) is 25.7 Å². The van der Waals surface area contributed by atoms with Crippen LogP contribution in [-0.4, -0.2) is 18.6 Å². The van der Waals surface area contributed by atoms with Crippen molar-refractivity contribution in [2.75, 3.05) is 5.32 Å². The number of hydrogen-bond acceptors (Lipinski definition) is 3. The zero-order valence-corrected chi connectivity index (χ0v) is 14.2. The molecule has 0 bridgehead atoms. The highest BCUT2D eigenvalue weighted by Crippen LogP contribution is 2.25. The van der Waals surface area contributed by atoms with E-state index < -0.39 is 0 Å². The summed E-state index contributed by atoms with van der Waals surface area (Å²) in [7, 11) is 0. The van der Waals surface area contributed by atoms with Gasteiger partial charge in [0, 0.05) is 22.9 Å². The molecule has 2 aromatic rings. The number of rotatable bonds is 4. The van der Waals surface area contributed by atoms with Crippen LogP contribution in [0.15, 0.2) is 54.6 Å². The second-order valence-electron chi connectivity index (χ2n) is 6.37. The van der Waals surface area contributed by atoms with E-state index in [2.05, 4.69) is 12.2 Å². The van der Waals surface area contributed by atoms with Crippen LogP contribution in [0.2, 0.25) is 0 Å². The van der Waals surface area contributed by atoms with Gasteiger partial charge in [0.25, 0.3) is 0 Å². The molecule has 2 aromatic carbocycles. The summed E-state index contributed by atoms with van der Waals surface area (Å²) in [4.78, 5) is 20.5. The number of hydrogen-bond donors (Lipinski definition) is 1. The molecule has 0 aromatic heterocycles. The molecular formula is C21H25NO2. The highest BCUT2D eigenvalue weighted by atomic mass is 16.1. The molecule has 1 fully saturated rings. The Morgan fingerprint density at radius 1 is 0.792 bits per heavy atom. The summed E-state index contributed by atoms with van der Waals surface area (Å²) < 4.78 is 0. The van der Waals surface area contributed by atoms with Crippen molar-refractivity contribution in [2.45, 2.75) is 38.6 Å². The fraction of sp³-hybridized carbons (Fsp3) is 0.333. The summed E-state index contributed by atoms with van der Waals surface area (Å²) in [6.45, 7) is 2.33. The van der Waals surface area contributed by atoms with Crippen molar-refractivity contribution in [1.82, 2.24) is 0 Å². The van der Waals surface area contributed by atoms with Crippen LogP contribution >= 0.6 is 0 Å². The molecule has 0 radical (unpaired) electrons. The number of nitrogens with one attached hydrogen (secondary N) is 1. The van der Waals surface area contributed by atoms with Crippen LogP contribution in [0.5, 0.6) is 0 Å². The third kappa shape index (κ3) is 5.99. The first kappa shape index (κ1) is 17.9. The monoisotopic (exact) mass is 323 g/mol. The summed E-state index contributed by atoms with van der Waals surface area (Å²) in [6, 6.07) is 17.4. The Balaban J connectivity index is 0.000000219. The molecule has 0 unspecified atom stereocenters. The van der Waals surface area contributed by atoms with Crippen molar-refractivity contribution in [3.63, 3.8) is 0 Å². The van der Waals surface area contributed by atoms with Gasteiger partial charge in [-0.3, -0.25) is 9.59 Å². The van der Waals surface area contributed by atoms with Crippen LogP contribution in [0.1, 0.15) is 53.3 Å². The molecule has 1 aliphatic carbocycles. The van der Waals surface area contributed by atoms with E-state index in [1.807, 2.05) is 42.5 Å². The fourth-order valence-electron chi connectivity index (χ4n) is 2.83. The second-order valence-corrected chi connectivity index (χ2v) is 6.37. The van der Waals surface area contributed by atoms with Crippen molar-refractivity contribution in [3.8, 4) is 0 Å². The Kier molecular flexibility index (Phi) is 7.21. The summed E-state index contributed by atoms with van der Waals surface area (Å²) in [5.41, 5.74) is 2.60. The highest BCUT2D eigenvalue weighted by molar-refractivity contribution is 5.75. The van der Waals surface area contributed by atoms with Gasteiger partial charge in [0.2, 0.25) is 0 Å². The molecule has 0 atom stereocenters. The fourth-order valence-corrected chi connectivity index (χ4v) is 2.83. The standard InChI is InChI=1S/C14H19NO.C7H6O/c1-11-2-6-13(7-3-11)15-14-8-4-12(10-16)5-9-14;8-6-7-4-2-1-3-5-7/h4-5,8-11,13,15H,2-3,6-7H2,1H3;1-6H. The topological polar surface area (TPSA) is 46.2 Å². The lowest BCUT2D eigenvalue weighted by Crippen LogP contribution is -2.25. The van der Waals surface area contributed by atoms with Crippen LogP contribution < -0.4 is 5.32 Å². The molecular weight excluding hydrogens is 298 g/mol. The van der Waals surface area contributed by atoms with Gasteiger partial charge in [-0.2, -0.15) is 0 Å². The minimum atomic E-state index is 0.610. The molecule has 0 heterocycles. The molecule has 24 heavy (non-hydrogen) atoms. The minimum Gasteiger partial charge on any atom is -0.382 e. The van der Waals surface area contributed by atoms with E-state index >= 15 is 0 Å². The van der Waals surface area contributed by atoms with Crippen molar-refractivity contribution in [3.05, 3.63) is 65.7 Å². The van der Waals surface area contributed by atoms with Gasteiger partial charge in [-0.15, -0.1) is 0 Å². The van der Waals surface area contributed by atoms with Gasteiger partial charge >= 0.3 is 0 Å². The van der Waals surface area contributed by atoms with Crippen molar-refractivity contribution in [2.24, 2.45) is 5.92 Å². The SMILES string of the molecule is CC1CCC(Nc2ccc(C=O)cc2)CC1.O=Cc1ccccc1. The first-order valence-electron chi connectivity index (χ1n) is 8.53. The summed E-state index contributed by atoms with van der Waals surface area (Å²) in [6.07, 6.45) is 6.88. The Hall–Kier alpha value is -2.42. The first-order valence-corrected chi connectivity index (χ1v) is 8.53. The second kappa shape index (κ2) is 9.66. The van der Waals surface area contributed by atoms with Gasteiger partial charge in [0.1, 0.15) is 12.6 Å². The molecule has 1 aliphatic rings. The summed E-state index contributed by atoms with van der Waals surface area (Å²) in [5.74, 6) is 0.885. The van der Waals surface area contributed by atoms with Gasteiger partial charge in [-0.1, -0.05) is 37.3 Å². The lowest BCUT2D eigenvalue weighted by molar-refractivity contribution is 0.111. The Labute approximate surface area is 144 Å². The molecule has 3 rings (SSSR count). The van der Waals surface area contributed by atoms with Gasteiger partial charge < -0.3 is 5.32 Å². The average Bonchev–Trinajstić information content (AvgIpc) is 2.65. The largest absolute Gasteiger partial charge is 0.382 e. The predicted molar refractivity (Wildman–Crippen MR) is 98.7 cm³/mol. The maximum absolute atomic E-state index is 10.5. The molecule has 0 aliphatic heterocycles. The van der Waals surface area contributed by atoms with Crippen LogP contribution in [0.25, 0.3) is 0 Å². The normalized spacial score (nSPS) is 19.5. The average molecular weight is 323 g/mol. The lowest BCUT2D eigenvalue weighted by atomic mass is 9.87. The first-order chi connectivity index (χ1) is 11.7. The van der Waals surface area contributed by atoms with Crippen LogP contribution in [-0.2, 0) is 0 Å². The number of anilines is 1. The molecule has 126 valence electrons. The molecule has 1 saturated carbocycles. The van der Waals surface area contributed by atoms with Crippen LogP contribution in [0, 0.1) is 5.92 Å². The van der Waals surface area contributed by atoms with Crippen molar-refractivity contribution in [1.29, 1.82) is 0 Å². The molecule has 1 N–H and O–H groups in total. The molecule has 0 amide bonds. The number of carbonyl (C=O) groups excluding carboxylic acids is 2. The maximum Gasteiger partial charge on any atom is 0.150 e. The smallest absolute Gasteiger partial charge is 0.150 e. The van der Waals surface area contributed by atoms with E-state index in [-0.39, 0.29) is 0 Å². The third-order valence-electron chi connectivity index (χ3n) is 4.37. The van der Waals surface area contributed by atoms with Crippen LogP contribution in [0.3, 0.4) is 0 Å². The Morgan fingerprint density at radius 2 is 1.33 bits per heavy atom. The van der Waals surface area contributed by atoms with Crippen molar-refractivity contribution >= 4 is 18.3 Å². The third-order valence-corrected chi connectivity index (χ3v) is 4.37. The van der Waals surface area contributed by atoms with E-state index in [0.717, 1.165) is 35.3 Å². The van der Waals surface area contributed by atoms with E-state index in [0.29, 0.717) is 6.04 Å². The number of carbonyl (C=O) groups is 2. The summed E-state index contributed by atoms with van der Waals surface area (Å²) >= 11 is 0. The van der Waals surface area contributed by atoms with Gasteiger partial charge in [0.05, 0.1) is 0 Å².